The monoisotopic (exact) mass is 405 g/mol. The number of sulfone groups is 1. The molecule has 1 saturated heterocycles. The fourth-order valence-corrected chi connectivity index (χ4v) is 6.05. The van der Waals surface area contributed by atoms with Crippen LogP contribution in [0.15, 0.2) is 30.6 Å². The lowest BCUT2D eigenvalue weighted by Gasteiger charge is -2.33. The van der Waals surface area contributed by atoms with E-state index in [4.69, 9.17) is 5.73 Å². The second-order valence-electron chi connectivity index (χ2n) is 6.82. The van der Waals surface area contributed by atoms with Crippen LogP contribution in [0.4, 0.5) is 0 Å². The highest BCUT2D eigenvalue weighted by atomic mass is 32.2. The first kappa shape index (κ1) is 18.1. The molecular weight excluding hydrogens is 386 g/mol. The minimum absolute atomic E-state index is 0.116. The van der Waals surface area contributed by atoms with E-state index in [1.807, 2.05) is 19.1 Å². The Morgan fingerprint density at radius 1 is 1.44 bits per heavy atom. The SMILES string of the molecule is Cc1sc(C(=O)NC2(N)CCCS(=O)(=O)C2)cc1-c1cnc2cccnn12. The van der Waals surface area contributed by atoms with E-state index in [0.717, 1.165) is 21.8 Å². The summed E-state index contributed by atoms with van der Waals surface area (Å²) in [6.45, 7) is 1.92. The third-order valence-corrected chi connectivity index (χ3v) is 7.53. The van der Waals surface area contributed by atoms with E-state index in [1.165, 1.54) is 11.3 Å². The Morgan fingerprint density at radius 3 is 3.04 bits per heavy atom. The predicted molar refractivity (Wildman–Crippen MR) is 103 cm³/mol. The number of imidazole rings is 1. The number of hydrogen-bond acceptors (Lipinski definition) is 7. The summed E-state index contributed by atoms with van der Waals surface area (Å²) in [6, 6.07) is 5.44. The van der Waals surface area contributed by atoms with E-state index in [-0.39, 0.29) is 17.4 Å². The van der Waals surface area contributed by atoms with Crippen molar-refractivity contribution >= 4 is 32.7 Å². The average molecular weight is 406 g/mol. The maximum absolute atomic E-state index is 12.7. The largest absolute Gasteiger partial charge is 0.332 e. The van der Waals surface area contributed by atoms with Crippen molar-refractivity contribution in [3.8, 4) is 11.3 Å². The third kappa shape index (κ3) is 3.47. The van der Waals surface area contributed by atoms with E-state index in [0.29, 0.717) is 17.7 Å². The molecule has 4 rings (SSSR count). The van der Waals surface area contributed by atoms with Crippen LogP contribution in [0.3, 0.4) is 0 Å². The highest BCUT2D eigenvalue weighted by Crippen LogP contribution is 2.31. The molecule has 3 aromatic rings. The number of fused-ring (bicyclic) bond motifs is 1. The fourth-order valence-electron chi connectivity index (χ4n) is 3.39. The van der Waals surface area contributed by atoms with Gasteiger partial charge in [0.25, 0.3) is 5.91 Å². The third-order valence-electron chi connectivity index (χ3n) is 4.61. The van der Waals surface area contributed by atoms with Crippen LogP contribution in [0.25, 0.3) is 16.9 Å². The molecule has 0 aromatic carbocycles. The number of nitrogens with one attached hydrogen (secondary N) is 1. The molecule has 4 heterocycles. The van der Waals surface area contributed by atoms with Crippen molar-refractivity contribution in [2.75, 3.05) is 11.5 Å². The number of aromatic nitrogens is 3. The summed E-state index contributed by atoms with van der Waals surface area (Å²) in [5.74, 6) is -0.485. The molecule has 10 heteroatoms. The van der Waals surface area contributed by atoms with Crippen molar-refractivity contribution in [3.05, 3.63) is 40.3 Å². The van der Waals surface area contributed by atoms with Gasteiger partial charge in [-0.25, -0.2) is 17.9 Å². The quantitative estimate of drug-likeness (QED) is 0.635. The summed E-state index contributed by atoms with van der Waals surface area (Å²) in [5, 5.41) is 7.03. The molecular formula is C17H19N5O3S2. The molecule has 1 fully saturated rings. The number of amides is 1. The molecule has 3 aromatic heterocycles. The standard InChI is InChI=1S/C17H19N5O3S2/c1-11-12(13-9-19-15-4-2-6-20-22(13)15)8-14(26-11)16(23)21-17(18)5-3-7-27(24,25)10-17/h2,4,6,8-9H,3,5,7,10,18H2,1H3,(H,21,23). The second kappa shape index (κ2) is 6.39. The number of nitrogens with zero attached hydrogens (tertiary/aromatic N) is 3. The lowest BCUT2D eigenvalue weighted by molar-refractivity contribution is 0.0908. The summed E-state index contributed by atoms with van der Waals surface area (Å²) in [6.07, 6.45) is 4.28. The Bertz CT molecular complexity index is 1130. The Labute approximate surface area is 160 Å². The van der Waals surface area contributed by atoms with Gasteiger partial charge >= 0.3 is 0 Å². The number of nitrogens with two attached hydrogens (primary N) is 1. The van der Waals surface area contributed by atoms with Gasteiger partial charge in [-0.05, 0) is 38.0 Å². The topological polar surface area (TPSA) is 119 Å². The minimum Gasteiger partial charge on any atom is -0.332 e. The van der Waals surface area contributed by atoms with Crippen molar-refractivity contribution in [3.63, 3.8) is 0 Å². The van der Waals surface area contributed by atoms with Crippen LogP contribution in [0.1, 0.15) is 27.4 Å². The van der Waals surface area contributed by atoms with Crippen LogP contribution in [-0.2, 0) is 9.84 Å². The summed E-state index contributed by atoms with van der Waals surface area (Å²) < 4.78 is 25.5. The molecule has 1 unspecified atom stereocenters. The van der Waals surface area contributed by atoms with Crippen LogP contribution in [0.5, 0.6) is 0 Å². The normalized spacial score (nSPS) is 22.0. The van der Waals surface area contributed by atoms with E-state index in [9.17, 15) is 13.2 Å². The maximum atomic E-state index is 12.7. The van der Waals surface area contributed by atoms with Gasteiger partial charge < -0.3 is 11.1 Å². The van der Waals surface area contributed by atoms with Gasteiger partial charge in [0.1, 0.15) is 5.66 Å². The van der Waals surface area contributed by atoms with Crippen molar-refractivity contribution in [1.82, 2.24) is 19.9 Å². The van der Waals surface area contributed by atoms with Gasteiger partial charge in [0.2, 0.25) is 0 Å². The zero-order valence-corrected chi connectivity index (χ0v) is 16.3. The summed E-state index contributed by atoms with van der Waals surface area (Å²) >= 11 is 1.33. The van der Waals surface area contributed by atoms with E-state index in [1.54, 1.807) is 23.0 Å². The summed E-state index contributed by atoms with van der Waals surface area (Å²) in [5.41, 5.74) is 7.30. The number of thiophene rings is 1. The summed E-state index contributed by atoms with van der Waals surface area (Å²) in [7, 11) is -3.24. The van der Waals surface area contributed by atoms with E-state index < -0.39 is 15.5 Å². The van der Waals surface area contributed by atoms with Gasteiger partial charge in [-0.1, -0.05) is 0 Å². The average Bonchev–Trinajstić information content (AvgIpc) is 3.16. The molecule has 0 radical (unpaired) electrons. The number of carbonyl (C=O) groups excluding carboxylic acids is 1. The predicted octanol–water partition coefficient (Wildman–Crippen LogP) is 1.36. The second-order valence-corrected chi connectivity index (χ2v) is 10.3. The van der Waals surface area contributed by atoms with Gasteiger partial charge in [-0.2, -0.15) is 5.10 Å². The van der Waals surface area contributed by atoms with Crippen LogP contribution in [-0.4, -0.2) is 46.1 Å². The van der Waals surface area contributed by atoms with E-state index in [2.05, 4.69) is 15.4 Å². The number of rotatable bonds is 3. The van der Waals surface area contributed by atoms with Crippen molar-refractivity contribution in [2.24, 2.45) is 5.73 Å². The summed E-state index contributed by atoms with van der Waals surface area (Å²) in [4.78, 5) is 18.5. The molecule has 0 saturated carbocycles. The highest BCUT2D eigenvalue weighted by Gasteiger charge is 2.37. The molecule has 1 aliphatic rings. The molecule has 1 atom stereocenters. The first-order chi connectivity index (χ1) is 12.8. The van der Waals surface area contributed by atoms with Gasteiger partial charge in [-0.3, -0.25) is 4.79 Å². The molecule has 0 aliphatic carbocycles. The Morgan fingerprint density at radius 2 is 2.26 bits per heavy atom. The Hall–Kier alpha value is -2.30. The fraction of sp³-hybridized carbons (Fsp3) is 0.353. The lowest BCUT2D eigenvalue weighted by atomic mass is 10.1. The first-order valence-corrected chi connectivity index (χ1v) is 11.1. The molecule has 142 valence electrons. The molecule has 1 amide bonds. The van der Waals surface area contributed by atoms with Gasteiger partial charge in [-0.15, -0.1) is 11.3 Å². The van der Waals surface area contributed by atoms with Crippen LogP contribution in [0, 0.1) is 6.92 Å². The zero-order chi connectivity index (χ0) is 19.2. The Balaban J connectivity index is 1.62. The molecule has 8 nitrogen and oxygen atoms in total. The maximum Gasteiger partial charge on any atom is 0.262 e. The van der Waals surface area contributed by atoms with E-state index >= 15 is 0 Å². The van der Waals surface area contributed by atoms with Crippen LogP contribution >= 0.6 is 11.3 Å². The number of aryl methyl sites for hydroxylation is 1. The van der Waals surface area contributed by atoms with Gasteiger partial charge in [0.05, 0.1) is 28.3 Å². The van der Waals surface area contributed by atoms with Gasteiger partial charge in [0, 0.05) is 16.6 Å². The van der Waals surface area contributed by atoms with Crippen LogP contribution < -0.4 is 11.1 Å². The molecule has 3 N–H and O–H groups in total. The number of carbonyl (C=O) groups is 1. The minimum atomic E-state index is -3.24. The van der Waals surface area contributed by atoms with Crippen molar-refractivity contribution in [1.29, 1.82) is 0 Å². The number of hydrogen-bond donors (Lipinski definition) is 2. The smallest absolute Gasteiger partial charge is 0.262 e. The zero-order valence-electron chi connectivity index (χ0n) is 14.7. The molecule has 0 bridgehead atoms. The van der Waals surface area contributed by atoms with Gasteiger partial charge in [0.15, 0.2) is 15.5 Å². The van der Waals surface area contributed by atoms with Crippen molar-refractivity contribution in [2.45, 2.75) is 25.4 Å². The molecule has 27 heavy (non-hydrogen) atoms. The molecule has 1 aliphatic heterocycles. The highest BCUT2D eigenvalue weighted by molar-refractivity contribution is 7.91. The first-order valence-electron chi connectivity index (χ1n) is 8.48. The molecule has 0 spiro atoms. The van der Waals surface area contributed by atoms with Crippen molar-refractivity contribution < 1.29 is 13.2 Å². The Kier molecular flexibility index (Phi) is 4.28. The van der Waals surface area contributed by atoms with Crippen LogP contribution in [0.2, 0.25) is 0 Å². The lowest BCUT2D eigenvalue weighted by Crippen LogP contribution is -2.62.